The predicted molar refractivity (Wildman–Crippen MR) is 52.6 cm³/mol. The number of nitrogens with zero attached hydrogens (tertiary/aromatic N) is 1. The van der Waals surface area contributed by atoms with Gasteiger partial charge in [-0.05, 0) is 13.8 Å². The number of hydrogen-bond donors (Lipinski definition) is 1. The van der Waals surface area contributed by atoms with Crippen molar-refractivity contribution in [3.8, 4) is 0 Å². The molecule has 3 nitrogen and oxygen atoms in total. The summed E-state index contributed by atoms with van der Waals surface area (Å²) < 4.78 is 4.96. The van der Waals surface area contributed by atoms with Crippen molar-refractivity contribution < 1.29 is 9.53 Å². The molecule has 4 heteroatoms. The Hall–Kier alpha value is -0.220. The topological polar surface area (TPSA) is 29.5 Å². The molecule has 0 aliphatic carbocycles. The molecule has 0 bridgehead atoms. The molecule has 72 valence electrons. The van der Waals surface area contributed by atoms with Gasteiger partial charge in [-0.15, -0.1) is 0 Å². The van der Waals surface area contributed by atoms with E-state index in [-0.39, 0.29) is 17.7 Å². The molecular weight excluding hydrogens is 174 g/mol. The number of methoxy groups -OCH3 is 1. The lowest BCUT2D eigenvalue weighted by Gasteiger charge is -2.26. The van der Waals surface area contributed by atoms with Crippen molar-refractivity contribution in [2.45, 2.75) is 19.9 Å². The minimum absolute atomic E-state index is 0.0605. The summed E-state index contributed by atoms with van der Waals surface area (Å²) in [6.45, 7) is 5.21. The molecule has 0 N–H and O–H groups in total. The predicted octanol–water partition coefficient (Wildman–Crippen LogP) is 0.800. The van der Waals surface area contributed by atoms with Gasteiger partial charge in [0.25, 0.3) is 0 Å². The largest absolute Gasteiger partial charge is 0.383 e. The highest BCUT2D eigenvalue weighted by Gasteiger charge is 2.16. The highest BCUT2D eigenvalue weighted by Crippen LogP contribution is 2.00. The number of thiol groups is 1. The molecule has 1 unspecified atom stereocenters. The Kier molecular flexibility index (Phi) is 6.20. The van der Waals surface area contributed by atoms with Crippen LogP contribution in [0.5, 0.6) is 0 Å². The molecule has 1 amide bonds. The SMILES string of the molecule is CCN(C(=O)CS)C(C)COC. The summed E-state index contributed by atoms with van der Waals surface area (Å²) in [6.07, 6.45) is 0. The van der Waals surface area contributed by atoms with Crippen LogP contribution >= 0.6 is 12.6 Å². The first-order chi connectivity index (χ1) is 5.67. The molecule has 0 heterocycles. The van der Waals surface area contributed by atoms with Crippen molar-refractivity contribution in [3.05, 3.63) is 0 Å². The standard InChI is InChI=1S/C8H17NO2S/c1-4-9(8(10)6-12)7(2)5-11-3/h7,12H,4-6H2,1-3H3. The van der Waals surface area contributed by atoms with Crippen LogP contribution in [-0.2, 0) is 9.53 Å². The third-order valence-corrected chi connectivity index (χ3v) is 2.01. The average Bonchev–Trinajstić information content (AvgIpc) is 2.06. The zero-order valence-electron chi connectivity index (χ0n) is 7.91. The molecule has 0 rings (SSSR count). The minimum atomic E-state index is 0.0605. The van der Waals surface area contributed by atoms with Crippen LogP contribution in [0.1, 0.15) is 13.8 Å². The van der Waals surface area contributed by atoms with E-state index in [2.05, 4.69) is 12.6 Å². The molecule has 0 aromatic rings. The van der Waals surface area contributed by atoms with Crippen LogP contribution in [0.3, 0.4) is 0 Å². The molecule has 0 aromatic carbocycles. The Bertz CT molecular complexity index is 141. The lowest BCUT2D eigenvalue weighted by molar-refractivity contribution is -0.131. The number of carbonyl (C=O) groups excluding carboxylic acids is 1. The van der Waals surface area contributed by atoms with Gasteiger partial charge in [0.2, 0.25) is 5.91 Å². The fourth-order valence-corrected chi connectivity index (χ4v) is 1.34. The molecule has 1 atom stereocenters. The Labute approximate surface area is 79.5 Å². The van der Waals surface area contributed by atoms with Crippen LogP contribution in [0.4, 0.5) is 0 Å². The Balaban J connectivity index is 4.03. The van der Waals surface area contributed by atoms with Crippen molar-refractivity contribution in [3.63, 3.8) is 0 Å². The van der Waals surface area contributed by atoms with Crippen LogP contribution in [0.15, 0.2) is 0 Å². The van der Waals surface area contributed by atoms with Crippen LogP contribution < -0.4 is 0 Å². The molecule has 0 radical (unpaired) electrons. The second-order valence-corrected chi connectivity index (χ2v) is 2.96. The molecule has 0 aliphatic rings. The lowest BCUT2D eigenvalue weighted by Crippen LogP contribution is -2.41. The summed E-state index contributed by atoms with van der Waals surface area (Å²) in [5, 5.41) is 0. The number of ether oxygens (including phenoxy) is 1. The summed E-state index contributed by atoms with van der Waals surface area (Å²) in [5.41, 5.74) is 0. The Morgan fingerprint density at radius 2 is 2.25 bits per heavy atom. The van der Waals surface area contributed by atoms with Crippen LogP contribution in [0.2, 0.25) is 0 Å². The molecule has 0 saturated heterocycles. The van der Waals surface area contributed by atoms with Gasteiger partial charge in [-0.1, -0.05) is 0 Å². The number of likely N-dealkylation sites (N-methyl/N-ethyl adjacent to an activating group) is 1. The molecule has 0 aliphatic heterocycles. The van der Waals surface area contributed by atoms with Gasteiger partial charge in [0.1, 0.15) is 0 Å². The van der Waals surface area contributed by atoms with E-state index in [0.717, 1.165) is 0 Å². The first kappa shape index (κ1) is 11.8. The summed E-state index contributed by atoms with van der Waals surface area (Å²) in [7, 11) is 1.63. The lowest BCUT2D eigenvalue weighted by atomic mass is 10.3. The van der Waals surface area contributed by atoms with Gasteiger partial charge in [-0.3, -0.25) is 4.79 Å². The third-order valence-electron chi connectivity index (χ3n) is 1.74. The Morgan fingerprint density at radius 3 is 2.58 bits per heavy atom. The molecule has 0 saturated carbocycles. The van der Waals surface area contributed by atoms with Crippen molar-refractivity contribution in [1.82, 2.24) is 4.90 Å². The van der Waals surface area contributed by atoms with Gasteiger partial charge in [0.15, 0.2) is 0 Å². The maximum atomic E-state index is 11.3. The van der Waals surface area contributed by atoms with Crippen LogP contribution in [0.25, 0.3) is 0 Å². The zero-order chi connectivity index (χ0) is 9.56. The number of hydrogen-bond acceptors (Lipinski definition) is 3. The molecular formula is C8H17NO2S. The van der Waals surface area contributed by atoms with E-state index in [9.17, 15) is 4.79 Å². The second-order valence-electron chi connectivity index (χ2n) is 2.64. The quantitative estimate of drug-likeness (QED) is 0.651. The normalized spacial score (nSPS) is 12.7. The van der Waals surface area contributed by atoms with Gasteiger partial charge in [-0.2, -0.15) is 12.6 Å². The van der Waals surface area contributed by atoms with Gasteiger partial charge >= 0.3 is 0 Å². The van der Waals surface area contributed by atoms with E-state index in [0.29, 0.717) is 13.2 Å². The third kappa shape index (κ3) is 3.45. The highest BCUT2D eigenvalue weighted by molar-refractivity contribution is 7.81. The minimum Gasteiger partial charge on any atom is -0.383 e. The molecule has 0 spiro atoms. The number of amides is 1. The van der Waals surface area contributed by atoms with Crippen molar-refractivity contribution >= 4 is 18.5 Å². The smallest absolute Gasteiger partial charge is 0.232 e. The monoisotopic (exact) mass is 191 g/mol. The van der Waals surface area contributed by atoms with Crippen LogP contribution in [-0.4, -0.2) is 42.9 Å². The van der Waals surface area contributed by atoms with E-state index in [4.69, 9.17) is 4.74 Å². The average molecular weight is 191 g/mol. The summed E-state index contributed by atoms with van der Waals surface area (Å²) in [5.74, 6) is 0.326. The fourth-order valence-electron chi connectivity index (χ4n) is 1.16. The molecule has 0 aromatic heterocycles. The van der Waals surface area contributed by atoms with E-state index in [1.807, 2.05) is 13.8 Å². The van der Waals surface area contributed by atoms with Gasteiger partial charge in [-0.25, -0.2) is 0 Å². The van der Waals surface area contributed by atoms with Gasteiger partial charge < -0.3 is 9.64 Å². The summed E-state index contributed by atoms with van der Waals surface area (Å²) in [6, 6.07) is 0.139. The second kappa shape index (κ2) is 6.31. The fraction of sp³-hybridized carbons (Fsp3) is 0.875. The van der Waals surface area contributed by atoms with E-state index < -0.39 is 0 Å². The number of carbonyl (C=O) groups is 1. The van der Waals surface area contributed by atoms with E-state index in [1.165, 1.54) is 0 Å². The van der Waals surface area contributed by atoms with Crippen LogP contribution in [0, 0.1) is 0 Å². The van der Waals surface area contributed by atoms with E-state index >= 15 is 0 Å². The molecule has 12 heavy (non-hydrogen) atoms. The zero-order valence-corrected chi connectivity index (χ0v) is 8.80. The summed E-state index contributed by atoms with van der Waals surface area (Å²) >= 11 is 3.94. The maximum Gasteiger partial charge on any atom is 0.232 e. The summed E-state index contributed by atoms with van der Waals surface area (Å²) in [4.78, 5) is 13.0. The molecule has 0 fully saturated rings. The van der Waals surface area contributed by atoms with E-state index in [1.54, 1.807) is 12.0 Å². The highest BCUT2D eigenvalue weighted by atomic mass is 32.1. The van der Waals surface area contributed by atoms with Gasteiger partial charge in [0, 0.05) is 13.7 Å². The van der Waals surface area contributed by atoms with Crippen molar-refractivity contribution in [2.75, 3.05) is 26.0 Å². The first-order valence-electron chi connectivity index (χ1n) is 4.06. The maximum absolute atomic E-state index is 11.3. The Morgan fingerprint density at radius 1 is 1.67 bits per heavy atom. The van der Waals surface area contributed by atoms with Gasteiger partial charge in [0.05, 0.1) is 18.4 Å². The number of rotatable bonds is 5. The van der Waals surface area contributed by atoms with Crippen molar-refractivity contribution in [2.24, 2.45) is 0 Å². The first-order valence-corrected chi connectivity index (χ1v) is 4.69. The van der Waals surface area contributed by atoms with Crippen molar-refractivity contribution in [1.29, 1.82) is 0 Å².